The lowest BCUT2D eigenvalue weighted by Crippen LogP contribution is -2.34. The molecule has 6 N–H and O–H groups in total. The average Bonchev–Trinajstić information content (AvgIpc) is 3.03. The number of aromatic nitrogens is 2. The summed E-state index contributed by atoms with van der Waals surface area (Å²) in [5, 5.41) is 23.3. The molecule has 0 radical (unpaired) electrons. The summed E-state index contributed by atoms with van der Waals surface area (Å²) in [4.78, 5) is 3.95. The maximum absolute atomic E-state index is 13.5. The molecule has 0 fully saturated rings. The van der Waals surface area contributed by atoms with Crippen molar-refractivity contribution >= 4 is 43.5 Å². The van der Waals surface area contributed by atoms with Gasteiger partial charge in [0.1, 0.15) is 5.82 Å². The van der Waals surface area contributed by atoms with Gasteiger partial charge in [-0.25, -0.2) is 23.9 Å². The minimum absolute atomic E-state index is 0.0370. The number of aliphatic imine (C=N–C) groups is 1. The summed E-state index contributed by atoms with van der Waals surface area (Å²) in [5.74, 6) is -1.42. The van der Waals surface area contributed by atoms with Gasteiger partial charge in [-0.15, -0.1) is 0 Å². The van der Waals surface area contributed by atoms with Gasteiger partial charge in [0.25, 0.3) is 10.2 Å². The smallest absolute Gasteiger partial charge is 0.274 e. The number of rotatable bonds is 7. The molecule has 0 saturated carbocycles. The molecule has 0 bridgehead atoms. The number of nitrogens with one attached hydrogen (secondary N) is 3. The standard InChI is InChI=1S/C11H13BrFN7O4S/c12-7-5-6(1-2-8(7)13)17-11(18-21)9-10(20-24-19-9)15-3-4-16-25(14,22)23/h1-2,5,16,21H,3-4H2,(H,15,20)(H,17,18)(H2,14,22,23)/i2D,3D,4D. The van der Waals surface area contributed by atoms with Crippen LogP contribution in [0.3, 0.4) is 0 Å². The van der Waals surface area contributed by atoms with Gasteiger partial charge < -0.3 is 5.32 Å². The average molecular weight is 441 g/mol. The van der Waals surface area contributed by atoms with Gasteiger partial charge in [0.05, 0.1) is 12.9 Å². The first-order chi connectivity index (χ1) is 13.0. The van der Waals surface area contributed by atoms with E-state index in [1.807, 2.05) is 0 Å². The molecule has 2 rings (SSSR count). The second-order valence-electron chi connectivity index (χ2n) is 4.19. The Balaban J connectivity index is 2.29. The van der Waals surface area contributed by atoms with Gasteiger partial charge in [0.15, 0.2) is 11.5 Å². The summed E-state index contributed by atoms with van der Waals surface area (Å²) in [6, 6.07) is 1.84. The summed E-state index contributed by atoms with van der Waals surface area (Å²) in [6.07, 6.45) is 0. The number of hydrogen-bond donors (Lipinski definition) is 5. The molecular formula is C11H13BrFN7O4S. The number of nitrogens with zero attached hydrogens (tertiary/aromatic N) is 3. The van der Waals surface area contributed by atoms with Crippen LogP contribution >= 0.6 is 15.9 Å². The topological polar surface area (TPSA) is 168 Å². The second kappa shape index (κ2) is 8.30. The fourth-order valence-electron chi connectivity index (χ4n) is 1.45. The zero-order chi connectivity index (χ0) is 21.1. The molecule has 1 aromatic heterocycles. The van der Waals surface area contributed by atoms with E-state index in [0.717, 1.165) is 6.07 Å². The molecule has 1 heterocycles. The third kappa shape index (κ3) is 5.71. The summed E-state index contributed by atoms with van der Waals surface area (Å²) in [5.41, 5.74) is 1.54. The van der Waals surface area contributed by atoms with Crippen molar-refractivity contribution in [2.45, 2.75) is 0 Å². The Kier molecular flexibility index (Phi) is 5.03. The van der Waals surface area contributed by atoms with Crippen LogP contribution in [0.2, 0.25) is 0 Å². The van der Waals surface area contributed by atoms with E-state index in [1.165, 1.54) is 6.07 Å². The summed E-state index contributed by atoms with van der Waals surface area (Å²) in [6.45, 7) is -3.30. The van der Waals surface area contributed by atoms with Gasteiger partial charge >= 0.3 is 0 Å². The van der Waals surface area contributed by atoms with E-state index in [4.69, 9.17) is 9.25 Å². The first-order valence-corrected chi connectivity index (χ1v) is 8.54. The molecule has 11 nitrogen and oxygen atoms in total. The Hall–Kier alpha value is -2.13. The fourth-order valence-corrected chi connectivity index (χ4v) is 2.06. The number of amidine groups is 1. The van der Waals surface area contributed by atoms with Crippen LogP contribution in [0.15, 0.2) is 32.3 Å². The molecule has 14 heteroatoms. The zero-order valence-electron chi connectivity index (χ0n) is 15.1. The highest BCUT2D eigenvalue weighted by Crippen LogP contribution is 2.23. The maximum Gasteiger partial charge on any atom is 0.274 e. The molecule has 0 aliphatic carbocycles. The molecule has 2 atom stereocenters. The van der Waals surface area contributed by atoms with Crippen LogP contribution in [-0.2, 0) is 10.2 Å². The monoisotopic (exact) mass is 440 g/mol. The van der Waals surface area contributed by atoms with Crippen LogP contribution in [-0.4, -0.2) is 42.8 Å². The third-order valence-electron chi connectivity index (χ3n) is 2.43. The van der Waals surface area contributed by atoms with Crippen molar-refractivity contribution in [3.63, 3.8) is 0 Å². The number of hydrogen-bond acceptors (Lipinski definition) is 8. The SMILES string of the molecule is [2H]c1cc(N=C(NO)c2nonc2NC([2H])C([2H])NS(N)(=O)=O)cc(Br)c1F. The number of benzene rings is 1. The molecule has 2 aromatic rings. The highest BCUT2D eigenvalue weighted by Gasteiger charge is 2.16. The molecular weight excluding hydrogens is 425 g/mol. The van der Waals surface area contributed by atoms with Crippen LogP contribution in [0, 0.1) is 5.82 Å². The van der Waals surface area contributed by atoms with Gasteiger partial charge in [-0.05, 0) is 44.4 Å². The van der Waals surface area contributed by atoms with Crippen LogP contribution in [0.5, 0.6) is 0 Å². The van der Waals surface area contributed by atoms with Gasteiger partial charge in [-0.2, -0.15) is 8.42 Å². The Bertz CT molecular complexity index is 969. The molecule has 0 aliphatic heterocycles. The first kappa shape index (κ1) is 15.2. The highest BCUT2D eigenvalue weighted by molar-refractivity contribution is 9.10. The fraction of sp³-hybridized carbons (Fsp3) is 0.182. The predicted octanol–water partition coefficient (Wildman–Crippen LogP) is 0.233. The number of nitrogens with two attached hydrogens (primary N) is 1. The minimum Gasteiger partial charge on any atom is -0.364 e. The van der Waals surface area contributed by atoms with Crippen molar-refractivity contribution in [3.05, 3.63) is 34.2 Å². The zero-order valence-corrected chi connectivity index (χ0v) is 14.5. The van der Waals surface area contributed by atoms with Crippen molar-refractivity contribution in [1.82, 2.24) is 20.5 Å². The van der Waals surface area contributed by atoms with Gasteiger partial charge in [0.2, 0.25) is 5.82 Å². The highest BCUT2D eigenvalue weighted by atomic mass is 79.9. The molecule has 136 valence electrons. The predicted molar refractivity (Wildman–Crippen MR) is 89.1 cm³/mol. The van der Waals surface area contributed by atoms with Crippen molar-refractivity contribution < 1.29 is 26.8 Å². The van der Waals surface area contributed by atoms with E-state index in [9.17, 15) is 18.0 Å². The Morgan fingerprint density at radius 1 is 1.56 bits per heavy atom. The number of halogens is 2. The minimum atomic E-state index is -4.22. The lowest BCUT2D eigenvalue weighted by atomic mass is 10.3. The molecule has 0 spiro atoms. The Labute approximate surface area is 153 Å². The molecule has 1 aromatic carbocycles. The van der Waals surface area contributed by atoms with E-state index in [-0.39, 0.29) is 27.5 Å². The van der Waals surface area contributed by atoms with E-state index in [0.29, 0.717) is 0 Å². The molecule has 0 aliphatic rings. The first-order valence-electron chi connectivity index (χ1n) is 7.85. The summed E-state index contributed by atoms with van der Waals surface area (Å²) >= 11 is 2.93. The quantitative estimate of drug-likeness (QED) is 0.231. The molecule has 0 amide bonds. The van der Waals surface area contributed by atoms with E-state index < -0.39 is 35.1 Å². The van der Waals surface area contributed by atoms with Crippen LogP contribution in [0.4, 0.5) is 15.9 Å². The number of anilines is 1. The van der Waals surface area contributed by atoms with Crippen LogP contribution in [0.1, 0.15) is 9.81 Å². The molecule has 2 unspecified atom stereocenters. The summed E-state index contributed by atoms with van der Waals surface area (Å²) < 4.78 is 64.3. The van der Waals surface area contributed by atoms with Crippen molar-refractivity contribution in [1.29, 1.82) is 0 Å². The lowest BCUT2D eigenvalue weighted by Gasteiger charge is -2.06. The van der Waals surface area contributed by atoms with Crippen molar-refractivity contribution in [3.8, 4) is 0 Å². The number of hydroxylamine groups is 1. The lowest BCUT2D eigenvalue weighted by molar-refractivity contribution is 0.234. The van der Waals surface area contributed by atoms with Gasteiger partial charge in [-0.3, -0.25) is 10.7 Å². The van der Waals surface area contributed by atoms with Crippen molar-refractivity contribution in [2.75, 3.05) is 18.4 Å². The maximum atomic E-state index is 13.5. The van der Waals surface area contributed by atoms with Crippen LogP contribution < -0.4 is 20.7 Å². The Morgan fingerprint density at radius 3 is 2.96 bits per heavy atom. The second-order valence-corrected chi connectivity index (χ2v) is 6.37. The van der Waals surface area contributed by atoms with Crippen LogP contribution in [0.25, 0.3) is 0 Å². The Morgan fingerprint density at radius 2 is 2.32 bits per heavy atom. The van der Waals surface area contributed by atoms with Crippen molar-refractivity contribution in [2.24, 2.45) is 10.1 Å². The normalized spacial score (nSPS) is 16.5. The molecule has 0 saturated heterocycles. The largest absolute Gasteiger partial charge is 0.364 e. The van der Waals surface area contributed by atoms with Gasteiger partial charge in [0, 0.05) is 14.4 Å². The summed E-state index contributed by atoms with van der Waals surface area (Å²) in [7, 11) is -4.22. The molecule has 25 heavy (non-hydrogen) atoms. The third-order valence-corrected chi connectivity index (χ3v) is 3.47. The van der Waals surface area contributed by atoms with E-state index in [2.05, 4.69) is 41.2 Å². The van der Waals surface area contributed by atoms with E-state index in [1.54, 1.807) is 10.2 Å². The van der Waals surface area contributed by atoms with E-state index >= 15 is 0 Å². The van der Waals surface area contributed by atoms with Gasteiger partial charge in [-0.1, -0.05) is 0 Å².